The zero-order valence-electron chi connectivity index (χ0n) is 7.84. The molecule has 0 aliphatic carbocycles. The van der Waals surface area contributed by atoms with E-state index in [1.807, 2.05) is 24.3 Å². The Morgan fingerprint density at radius 2 is 2.29 bits per heavy atom. The molecule has 1 atom stereocenters. The Kier molecular flexibility index (Phi) is 2.33. The van der Waals surface area contributed by atoms with Gasteiger partial charge in [0.25, 0.3) is 0 Å². The van der Waals surface area contributed by atoms with E-state index in [9.17, 15) is 5.11 Å². The van der Waals surface area contributed by atoms with Gasteiger partial charge in [0.05, 0.1) is 12.3 Å². The number of rotatable bonds is 2. The second-order valence-corrected chi connectivity index (χ2v) is 3.17. The number of nitrogens with zero attached hydrogens (tertiary/aromatic N) is 1. The van der Waals surface area contributed by atoms with Crippen LogP contribution in [0, 0.1) is 0 Å². The summed E-state index contributed by atoms with van der Waals surface area (Å²) in [6.45, 7) is 1.74. The molecule has 3 heteroatoms. The molecule has 3 nitrogen and oxygen atoms in total. The fourth-order valence-corrected chi connectivity index (χ4v) is 1.31. The SMILES string of the molecule is CC(O)c1cccc(-c2cnco2)c1. The molecule has 2 rings (SSSR count). The van der Waals surface area contributed by atoms with Gasteiger partial charge in [-0.25, -0.2) is 4.98 Å². The number of benzene rings is 1. The summed E-state index contributed by atoms with van der Waals surface area (Å²) in [5.74, 6) is 0.715. The largest absolute Gasteiger partial charge is 0.444 e. The highest BCUT2D eigenvalue weighted by Gasteiger charge is 2.04. The molecule has 0 bridgehead atoms. The molecule has 14 heavy (non-hydrogen) atoms. The number of aliphatic hydroxyl groups excluding tert-OH is 1. The highest BCUT2D eigenvalue weighted by Crippen LogP contribution is 2.22. The van der Waals surface area contributed by atoms with Crippen molar-refractivity contribution in [2.45, 2.75) is 13.0 Å². The normalized spacial score (nSPS) is 12.7. The van der Waals surface area contributed by atoms with Gasteiger partial charge in [0, 0.05) is 5.56 Å². The van der Waals surface area contributed by atoms with Crippen molar-refractivity contribution in [3.05, 3.63) is 42.4 Å². The molecule has 1 aromatic carbocycles. The minimum absolute atomic E-state index is 0.460. The van der Waals surface area contributed by atoms with Gasteiger partial charge in [0.1, 0.15) is 0 Å². The molecule has 0 spiro atoms. The lowest BCUT2D eigenvalue weighted by Gasteiger charge is -2.05. The Morgan fingerprint density at radius 1 is 1.43 bits per heavy atom. The van der Waals surface area contributed by atoms with E-state index in [1.165, 1.54) is 6.39 Å². The third-order valence-corrected chi connectivity index (χ3v) is 2.09. The topological polar surface area (TPSA) is 46.3 Å². The molecule has 0 amide bonds. The molecule has 72 valence electrons. The molecule has 1 heterocycles. The summed E-state index contributed by atoms with van der Waals surface area (Å²) in [6.07, 6.45) is 2.59. The smallest absolute Gasteiger partial charge is 0.181 e. The lowest BCUT2D eigenvalue weighted by Crippen LogP contribution is -1.90. The van der Waals surface area contributed by atoms with Crippen molar-refractivity contribution in [3.8, 4) is 11.3 Å². The molecular formula is C11H11NO2. The van der Waals surface area contributed by atoms with Crippen LogP contribution in [0.15, 0.2) is 41.3 Å². The van der Waals surface area contributed by atoms with Crippen LogP contribution in [0.4, 0.5) is 0 Å². The molecule has 0 radical (unpaired) electrons. The molecular weight excluding hydrogens is 178 g/mol. The first kappa shape index (κ1) is 8.97. The van der Waals surface area contributed by atoms with Crippen molar-refractivity contribution >= 4 is 0 Å². The van der Waals surface area contributed by atoms with Crippen LogP contribution >= 0.6 is 0 Å². The Balaban J connectivity index is 2.41. The van der Waals surface area contributed by atoms with E-state index in [2.05, 4.69) is 4.98 Å². The van der Waals surface area contributed by atoms with Gasteiger partial charge in [0.15, 0.2) is 12.2 Å². The minimum Gasteiger partial charge on any atom is -0.444 e. The number of hydrogen-bond donors (Lipinski definition) is 1. The van der Waals surface area contributed by atoms with E-state index in [0.29, 0.717) is 5.76 Å². The van der Waals surface area contributed by atoms with Crippen molar-refractivity contribution in [2.24, 2.45) is 0 Å². The number of oxazole rings is 1. The fraction of sp³-hybridized carbons (Fsp3) is 0.182. The van der Waals surface area contributed by atoms with Crippen LogP contribution in [-0.4, -0.2) is 10.1 Å². The van der Waals surface area contributed by atoms with Crippen LogP contribution in [0.1, 0.15) is 18.6 Å². The van der Waals surface area contributed by atoms with Gasteiger partial charge in [-0.05, 0) is 18.6 Å². The quantitative estimate of drug-likeness (QED) is 0.789. The van der Waals surface area contributed by atoms with Crippen LogP contribution in [0.3, 0.4) is 0 Å². The maximum Gasteiger partial charge on any atom is 0.181 e. The number of hydrogen-bond acceptors (Lipinski definition) is 3. The molecule has 1 aromatic heterocycles. The summed E-state index contributed by atoms with van der Waals surface area (Å²) in [4.78, 5) is 3.84. The van der Waals surface area contributed by atoms with Crippen molar-refractivity contribution in [1.29, 1.82) is 0 Å². The first-order valence-electron chi connectivity index (χ1n) is 4.44. The van der Waals surface area contributed by atoms with Crippen LogP contribution in [0.25, 0.3) is 11.3 Å². The maximum absolute atomic E-state index is 9.40. The average molecular weight is 189 g/mol. The van der Waals surface area contributed by atoms with Crippen molar-refractivity contribution in [3.63, 3.8) is 0 Å². The highest BCUT2D eigenvalue weighted by molar-refractivity contribution is 5.57. The van der Waals surface area contributed by atoms with E-state index < -0.39 is 6.10 Å². The van der Waals surface area contributed by atoms with Gasteiger partial charge in [-0.15, -0.1) is 0 Å². The van der Waals surface area contributed by atoms with Crippen molar-refractivity contribution in [1.82, 2.24) is 4.98 Å². The lowest BCUT2D eigenvalue weighted by atomic mass is 10.1. The summed E-state index contributed by atoms with van der Waals surface area (Å²) in [5.41, 5.74) is 1.81. The monoisotopic (exact) mass is 189 g/mol. The molecule has 1 N–H and O–H groups in total. The summed E-state index contributed by atoms with van der Waals surface area (Å²) in [7, 11) is 0. The van der Waals surface area contributed by atoms with Gasteiger partial charge in [-0.3, -0.25) is 0 Å². The van der Waals surface area contributed by atoms with Crippen LogP contribution < -0.4 is 0 Å². The Hall–Kier alpha value is -1.61. The summed E-state index contributed by atoms with van der Waals surface area (Å²) in [6, 6.07) is 7.59. The van der Waals surface area contributed by atoms with Gasteiger partial charge in [-0.2, -0.15) is 0 Å². The van der Waals surface area contributed by atoms with Crippen LogP contribution in [0.2, 0.25) is 0 Å². The zero-order valence-corrected chi connectivity index (χ0v) is 7.84. The number of aromatic nitrogens is 1. The third-order valence-electron chi connectivity index (χ3n) is 2.09. The van der Waals surface area contributed by atoms with Gasteiger partial charge >= 0.3 is 0 Å². The molecule has 1 unspecified atom stereocenters. The highest BCUT2D eigenvalue weighted by atomic mass is 16.3. The van der Waals surface area contributed by atoms with Crippen LogP contribution in [0.5, 0.6) is 0 Å². The van der Waals surface area contributed by atoms with Gasteiger partial charge in [-0.1, -0.05) is 18.2 Å². The predicted molar refractivity (Wildman–Crippen MR) is 52.6 cm³/mol. The first-order chi connectivity index (χ1) is 6.77. The predicted octanol–water partition coefficient (Wildman–Crippen LogP) is 2.39. The summed E-state index contributed by atoms with van der Waals surface area (Å²) < 4.78 is 5.16. The Labute approximate surface area is 82.0 Å². The first-order valence-corrected chi connectivity index (χ1v) is 4.44. The zero-order chi connectivity index (χ0) is 9.97. The summed E-state index contributed by atoms with van der Waals surface area (Å²) in [5, 5.41) is 9.40. The van der Waals surface area contributed by atoms with E-state index >= 15 is 0 Å². The standard InChI is InChI=1S/C11H11NO2/c1-8(13)9-3-2-4-10(5-9)11-6-12-7-14-11/h2-8,13H,1H3. The van der Waals surface area contributed by atoms with Gasteiger partial charge in [0.2, 0.25) is 0 Å². The van der Waals surface area contributed by atoms with E-state index in [4.69, 9.17) is 4.42 Å². The lowest BCUT2D eigenvalue weighted by molar-refractivity contribution is 0.199. The Morgan fingerprint density at radius 3 is 2.93 bits per heavy atom. The minimum atomic E-state index is -0.460. The fourth-order valence-electron chi connectivity index (χ4n) is 1.31. The average Bonchev–Trinajstić information content (AvgIpc) is 2.71. The van der Waals surface area contributed by atoms with Crippen molar-refractivity contribution in [2.75, 3.05) is 0 Å². The van der Waals surface area contributed by atoms with E-state index in [0.717, 1.165) is 11.1 Å². The molecule has 0 saturated carbocycles. The third kappa shape index (κ3) is 1.67. The number of aliphatic hydroxyl groups is 1. The van der Waals surface area contributed by atoms with E-state index in [1.54, 1.807) is 13.1 Å². The molecule has 2 aromatic rings. The Bertz CT molecular complexity index is 407. The van der Waals surface area contributed by atoms with Crippen molar-refractivity contribution < 1.29 is 9.52 Å². The van der Waals surface area contributed by atoms with Crippen LogP contribution in [-0.2, 0) is 0 Å². The molecule has 0 saturated heterocycles. The molecule has 0 aliphatic heterocycles. The maximum atomic E-state index is 9.40. The second kappa shape index (κ2) is 3.64. The summed E-state index contributed by atoms with van der Waals surface area (Å²) >= 11 is 0. The van der Waals surface area contributed by atoms with Gasteiger partial charge < -0.3 is 9.52 Å². The second-order valence-electron chi connectivity index (χ2n) is 3.17. The molecule has 0 aliphatic rings. The molecule has 0 fully saturated rings. The van der Waals surface area contributed by atoms with E-state index in [-0.39, 0.29) is 0 Å².